The van der Waals surface area contributed by atoms with E-state index in [4.69, 9.17) is 0 Å². The van der Waals surface area contributed by atoms with E-state index in [0.717, 1.165) is 30.4 Å². The van der Waals surface area contributed by atoms with Gasteiger partial charge in [-0.3, -0.25) is 9.97 Å². The van der Waals surface area contributed by atoms with Crippen LogP contribution in [0.5, 0.6) is 0 Å². The lowest BCUT2D eigenvalue weighted by Gasteiger charge is -2.18. The fraction of sp³-hybridized carbons (Fsp3) is 0.429. The van der Waals surface area contributed by atoms with Crippen molar-refractivity contribution in [1.82, 2.24) is 15.3 Å². The molecule has 0 fully saturated rings. The van der Waals surface area contributed by atoms with Gasteiger partial charge in [0.1, 0.15) is 0 Å². The summed E-state index contributed by atoms with van der Waals surface area (Å²) in [4.78, 5) is 8.80. The van der Waals surface area contributed by atoms with Crippen LogP contribution in [0, 0.1) is 0 Å². The summed E-state index contributed by atoms with van der Waals surface area (Å²) in [5.41, 5.74) is 3.25. The number of para-hydroxylation sites is 1. The van der Waals surface area contributed by atoms with E-state index in [-0.39, 0.29) is 0 Å². The Morgan fingerprint density at radius 2 is 2.00 bits per heavy atom. The Kier molecular flexibility index (Phi) is 4.04. The molecule has 1 heterocycles. The molecule has 1 unspecified atom stereocenters. The lowest BCUT2D eigenvalue weighted by atomic mass is 10.0. The van der Waals surface area contributed by atoms with Crippen molar-refractivity contribution in [1.29, 1.82) is 0 Å². The molecule has 0 aliphatic carbocycles. The van der Waals surface area contributed by atoms with E-state index < -0.39 is 0 Å². The average Bonchev–Trinajstić information content (AvgIpc) is 2.40. The van der Waals surface area contributed by atoms with E-state index in [1.54, 1.807) is 12.4 Å². The number of hydrogen-bond acceptors (Lipinski definition) is 3. The van der Waals surface area contributed by atoms with Gasteiger partial charge in [0.15, 0.2) is 0 Å². The number of aromatic nitrogens is 2. The summed E-state index contributed by atoms with van der Waals surface area (Å²) in [7, 11) is 0. The van der Waals surface area contributed by atoms with Crippen molar-refractivity contribution in [3.05, 3.63) is 36.2 Å². The van der Waals surface area contributed by atoms with E-state index in [2.05, 4.69) is 41.3 Å². The predicted octanol–water partition coefficient (Wildman–Crippen LogP) is 3.08. The molecule has 2 rings (SSSR count). The first-order chi connectivity index (χ1) is 8.36. The zero-order valence-electron chi connectivity index (χ0n) is 10.5. The SMILES string of the molecule is CCCNC(CC)c1cccc2nccnc12. The molecule has 0 bridgehead atoms. The van der Waals surface area contributed by atoms with Gasteiger partial charge in [0.05, 0.1) is 11.0 Å². The first-order valence-electron chi connectivity index (χ1n) is 6.29. The molecule has 0 radical (unpaired) electrons. The summed E-state index contributed by atoms with van der Waals surface area (Å²) in [5.74, 6) is 0. The van der Waals surface area contributed by atoms with Gasteiger partial charge < -0.3 is 5.32 Å². The van der Waals surface area contributed by atoms with E-state index in [0.29, 0.717) is 6.04 Å². The molecular weight excluding hydrogens is 210 g/mol. The van der Waals surface area contributed by atoms with Crippen molar-refractivity contribution < 1.29 is 0 Å². The molecular formula is C14H19N3. The Labute approximate surface area is 102 Å². The van der Waals surface area contributed by atoms with Crippen molar-refractivity contribution in [2.75, 3.05) is 6.54 Å². The second-order valence-electron chi connectivity index (χ2n) is 4.19. The monoisotopic (exact) mass is 229 g/mol. The van der Waals surface area contributed by atoms with Gasteiger partial charge in [0.2, 0.25) is 0 Å². The third kappa shape index (κ3) is 2.61. The van der Waals surface area contributed by atoms with Crippen LogP contribution in [0.2, 0.25) is 0 Å². The molecule has 0 aliphatic heterocycles. The fourth-order valence-corrected chi connectivity index (χ4v) is 2.09. The third-order valence-electron chi connectivity index (χ3n) is 2.95. The van der Waals surface area contributed by atoms with Gasteiger partial charge in [-0.2, -0.15) is 0 Å². The Bertz CT molecular complexity index is 476. The number of nitrogens with one attached hydrogen (secondary N) is 1. The fourth-order valence-electron chi connectivity index (χ4n) is 2.09. The second-order valence-corrected chi connectivity index (χ2v) is 4.19. The molecule has 90 valence electrons. The average molecular weight is 229 g/mol. The van der Waals surface area contributed by atoms with Gasteiger partial charge in [-0.15, -0.1) is 0 Å². The van der Waals surface area contributed by atoms with E-state index in [1.807, 2.05) is 6.07 Å². The highest BCUT2D eigenvalue weighted by atomic mass is 14.9. The molecule has 3 nitrogen and oxygen atoms in total. The normalized spacial score (nSPS) is 12.8. The summed E-state index contributed by atoms with van der Waals surface area (Å²) in [6.45, 7) is 5.42. The third-order valence-corrected chi connectivity index (χ3v) is 2.95. The molecule has 1 N–H and O–H groups in total. The van der Waals surface area contributed by atoms with Crippen molar-refractivity contribution >= 4 is 11.0 Å². The highest BCUT2D eigenvalue weighted by Gasteiger charge is 2.12. The predicted molar refractivity (Wildman–Crippen MR) is 70.9 cm³/mol. The maximum Gasteiger partial charge on any atom is 0.0934 e. The highest BCUT2D eigenvalue weighted by molar-refractivity contribution is 5.78. The first-order valence-corrected chi connectivity index (χ1v) is 6.29. The molecule has 1 aromatic heterocycles. The van der Waals surface area contributed by atoms with Crippen LogP contribution in [0.3, 0.4) is 0 Å². The quantitative estimate of drug-likeness (QED) is 0.856. The zero-order valence-corrected chi connectivity index (χ0v) is 10.5. The van der Waals surface area contributed by atoms with Crippen LogP contribution in [-0.4, -0.2) is 16.5 Å². The minimum atomic E-state index is 0.371. The first kappa shape index (κ1) is 12.0. The summed E-state index contributed by atoms with van der Waals surface area (Å²) in [6.07, 6.45) is 5.72. The van der Waals surface area contributed by atoms with E-state index in [1.165, 1.54) is 5.56 Å². The minimum absolute atomic E-state index is 0.371. The van der Waals surface area contributed by atoms with Crippen LogP contribution in [0.4, 0.5) is 0 Å². The van der Waals surface area contributed by atoms with Crippen molar-refractivity contribution in [3.63, 3.8) is 0 Å². The van der Waals surface area contributed by atoms with Crippen LogP contribution in [0.15, 0.2) is 30.6 Å². The lowest BCUT2D eigenvalue weighted by Crippen LogP contribution is -2.21. The van der Waals surface area contributed by atoms with Gasteiger partial charge in [-0.1, -0.05) is 26.0 Å². The van der Waals surface area contributed by atoms with Crippen LogP contribution < -0.4 is 5.32 Å². The van der Waals surface area contributed by atoms with Gasteiger partial charge in [-0.25, -0.2) is 0 Å². The van der Waals surface area contributed by atoms with Crippen molar-refractivity contribution in [2.45, 2.75) is 32.7 Å². The molecule has 0 saturated heterocycles. The summed E-state index contributed by atoms with van der Waals surface area (Å²) in [6, 6.07) is 6.59. The largest absolute Gasteiger partial charge is 0.310 e. The molecule has 17 heavy (non-hydrogen) atoms. The number of rotatable bonds is 5. The maximum absolute atomic E-state index is 4.46. The van der Waals surface area contributed by atoms with Crippen LogP contribution in [0.25, 0.3) is 11.0 Å². The van der Waals surface area contributed by atoms with Crippen LogP contribution >= 0.6 is 0 Å². The van der Waals surface area contributed by atoms with E-state index >= 15 is 0 Å². The molecule has 1 atom stereocenters. The molecule has 0 saturated carbocycles. The standard InChI is InChI=1S/C14H19N3/c1-3-8-15-12(4-2)11-6-5-7-13-14(11)17-10-9-16-13/h5-7,9-10,12,15H,3-4,8H2,1-2H3. The molecule has 0 aliphatic rings. The number of benzene rings is 1. The smallest absolute Gasteiger partial charge is 0.0934 e. The van der Waals surface area contributed by atoms with E-state index in [9.17, 15) is 0 Å². The maximum atomic E-state index is 4.46. The Morgan fingerprint density at radius 3 is 2.76 bits per heavy atom. The number of nitrogens with zero attached hydrogens (tertiary/aromatic N) is 2. The van der Waals surface area contributed by atoms with Crippen LogP contribution in [0.1, 0.15) is 38.3 Å². The summed E-state index contributed by atoms with van der Waals surface area (Å²) >= 11 is 0. The molecule has 0 spiro atoms. The minimum Gasteiger partial charge on any atom is -0.310 e. The van der Waals surface area contributed by atoms with Gasteiger partial charge in [0.25, 0.3) is 0 Å². The second kappa shape index (κ2) is 5.73. The Morgan fingerprint density at radius 1 is 1.18 bits per heavy atom. The molecule has 2 aromatic rings. The Hall–Kier alpha value is -1.48. The number of fused-ring (bicyclic) bond motifs is 1. The Balaban J connectivity index is 2.38. The molecule has 1 aromatic carbocycles. The number of hydrogen-bond donors (Lipinski definition) is 1. The molecule has 3 heteroatoms. The van der Waals surface area contributed by atoms with Crippen molar-refractivity contribution in [3.8, 4) is 0 Å². The highest BCUT2D eigenvalue weighted by Crippen LogP contribution is 2.23. The summed E-state index contributed by atoms with van der Waals surface area (Å²) in [5, 5.41) is 3.56. The van der Waals surface area contributed by atoms with Gasteiger partial charge in [-0.05, 0) is 31.0 Å². The van der Waals surface area contributed by atoms with Gasteiger partial charge >= 0.3 is 0 Å². The van der Waals surface area contributed by atoms with Crippen molar-refractivity contribution in [2.24, 2.45) is 0 Å². The van der Waals surface area contributed by atoms with Crippen LogP contribution in [-0.2, 0) is 0 Å². The molecule has 0 amide bonds. The van der Waals surface area contributed by atoms with Gasteiger partial charge in [0, 0.05) is 18.4 Å². The zero-order chi connectivity index (χ0) is 12.1. The topological polar surface area (TPSA) is 37.8 Å². The summed E-state index contributed by atoms with van der Waals surface area (Å²) < 4.78 is 0. The lowest BCUT2D eigenvalue weighted by molar-refractivity contribution is 0.521.